The molecule has 0 saturated carbocycles. The topological polar surface area (TPSA) is 74.8 Å². The van der Waals surface area contributed by atoms with E-state index in [4.69, 9.17) is 16.3 Å². The van der Waals surface area contributed by atoms with Gasteiger partial charge in [-0.2, -0.15) is 0 Å². The highest BCUT2D eigenvalue weighted by Crippen LogP contribution is 2.31. The van der Waals surface area contributed by atoms with Crippen molar-refractivity contribution in [3.8, 4) is 5.75 Å². The maximum atomic E-state index is 11.9. The smallest absolute Gasteiger partial charge is 0.225 e. The number of guanidine groups is 1. The molecule has 1 aliphatic rings. The molecule has 1 amide bonds. The fourth-order valence-corrected chi connectivity index (χ4v) is 3.12. The van der Waals surface area contributed by atoms with Gasteiger partial charge in [-0.3, -0.25) is 9.79 Å². The van der Waals surface area contributed by atoms with Gasteiger partial charge >= 0.3 is 0 Å². The Hall–Kier alpha value is -2.73. The molecule has 0 spiro atoms. The van der Waals surface area contributed by atoms with Crippen LogP contribution in [0.4, 0.5) is 5.69 Å². The highest BCUT2D eigenvalue weighted by Gasteiger charge is 2.24. The van der Waals surface area contributed by atoms with Crippen LogP contribution in [-0.2, 0) is 4.79 Å². The summed E-state index contributed by atoms with van der Waals surface area (Å²) < 4.78 is 5.65. The van der Waals surface area contributed by atoms with Crippen LogP contribution in [0.5, 0.6) is 5.75 Å². The van der Waals surface area contributed by atoms with E-state index in [1.165, 1.54) is 0 Å². The van der Waals surface area contributed by atoms with E-state index in [0.29, 0.717) is 37.1 Å². The van der Waals surface area contributed by atoms with Crippen molar-refractivity contribution in [1.29, 1.82) is 0 Å². The molecular weight excluding hydrogens is 364 g/mol. The highest BCUT2D eigenvalue weighted by atomic mass is 35.5. The van der Waals surface area contributed by atoms with Gasteiger partial charge in [0, 0.05) is 36.6 Å². The van der Waals surface area contributed by atoms with Gasteiger partial charge in [-0.05, 0) is 35.9 Å². The Morgan fingerprint density at radius 1 is 1.22 bits per heavy atom. The lowest BCUT2D eigenvalue weighted by atomic mass is 9.90. The molecule has 0 fully saturated rings. The normalized spacial score (nSPS) is 16.3. The minimum atomic E-state index is 0.0415. The molecule has 1 atom stereocenters. The molecule has 3 rings (SSSR count). The third-order valence-corrected chi connectivity index (χ3v) is 4.57. The Bertz CT molecular complexity index is 808. The summed E-state index contributed by atoms with van der Waals surface area (Å²) in [6, 6.07) is 15.2. The van der Waals surface area contributed by atoms with Crippen molar-refractivity contribution >= 4 is 29.2 Å². The molecule has 3 N–H and O–H groups in total. The van der Waals surface area contributed by atoms with E-state index in [0.717, 1.165) is 17.0 Å². The third-order valence-electron chi connectivity index (χ3n) is 4.32. The number of anilines is 1. The maximum Gasteiger partial charge on any atom is 0.225 e. The van der Waals surface area contributed by atoms with E-state index in [1.807, 2.05) is 30.3 Å². The number of fused-ring (bicyclic) bond motifs is 1. The van der Waals surface area contributed by atoms with E-state index >= 15 is 0 Å². The Balaban J connectivity index is 1.45. The number of carbonyl (C=O) groups excluding carboxylic acids is 1. The van der Waals surface area contributed by atoms with Gasteiger partial charge in [0.15, 0.2) is 5.96 Å². The van der Waals surface area contributed by atoms with Crippen molar-refractivity contribution in [2.45, 2.75) is 12.3 Å². The van der Waals surface area contributed by atoms with Crippen LogP contribution in [0, 0.1) is 0 Å². The summed E-state index contributed by atoms with van der Waals surface area (Å²) in [6.07, 6.45) is 0.459. The minimum absolute atomic E-state index is 0.0415. The average Bonchev–Trinajstić information content (AvgIpc) is 2.68. The Kier molecular flexibility index (Phi) is 6.54. The predicted molar refractivity (Wildman–Crippen MR) is 109 cm³/mol. The molecule has 0 bridgehead atoms. The zero-order valence-electron chi connectivity index (χ0n) is 15.2. The van der Waals surface area contributed by atoms with E-state index < -0.39 is 0 Å². The third kappa shape index (κ3) is 5.37. The zero-order valence-corrected chi connectivity index (χ0v) is 15.9. The summed E-state index contributed by atoms with van der Waals surface area (Å²) in [6.45, 7) is 1.73. The van der Waals surface area contributed by atoms with Crippen molar-refractivity contribution in [3.05, 3.63) is 59.1 Å². The first-order valence-electron chi connectivity index (χ1n) is 8.87. The Labute approximate surface area is 164 Å². The number of halogens is 1. The van der Waals surface area contributed by atoms with Gasteiger partial charge in [0.25, 0.3) is 0 Å². The first-order valence-corrected chi connectivity index (χ1v) is 9.25. The van der Waals surface area contributed by atoms with Gasteiger partial charge in [0.1, 0.15) is 12.4 Å². The lowest BCUT2D eigenvalue weighted by Gasteiger charge is -2.26. The summed E-state index contributed by atoms with van der Waals surface area (Å²) in [5.74, 6) is 1.60. The van der Waals surface area contributed by atoms with Crippen molar-refractivity contribution in [3.63, 3.8) is 0 Å². The lowest BCUT2D eigenvalue weighted by Crippen LogP contribution is -2.42. The number of para-hydroxylation sites is 1. The summed E-state index contributed by atoms with van der Waals surface area (Å²) >= 11 is 5.86. The molecule has 1 aliphatic heterocycles. The predicted octanol–water partition coefficient (Wildman–Crippen LogP) is 3.01. The molecule has 142 valence electrons. The monoisotopic (exact) mass is 386 g/mol. The Morgan fingerprint density at radius 2 is 2.00 bits per heavy atom. The molecule has 1 unspecified atom stereocenters. The van der Waals surface area contributed by atoms with Gasteiger partial charge < -0.3 is 20.7 Å². The van der Waals surface area contributed by atoms with E-state index in [1.54, 1.807) is 19.2 Å². The number of ether oxygens (including phenoxy) is 1. The van der Waals surface area contributed by atoms with Crippen LogP contribution in [0.3, 0.4) is 0 Å². The van der Waals surface area contributed by atoms with Crippen molar-refractivity contribution in [2.75, 3.05) is 32.1 Å². The zero-order chi connectivity index (χ0) is 19.1. The van der Waals surface area contributed by atoms with Gasteiger partial charge in [0.05, 0.1) is 6.54 Å². The number of rotatable bonds is 6. The summed E-state index contributed by atoms with van der Waals surface area (Å²) in [4.78, 5) is 16.1. The SMILES string of the molecule is CN=C(NCCOc1ccc(Cl)cc1)NCC1CC(=O)Nc2ccccc21. The van der Waals surface area contributed by atoms with Crippen molar-refractivity contribution in [2.24, 2.45) is 4.99 Å². The highest BCUT2D eigenvalue weighted by molar-refractivity contribution is 6.30. The summed E-state index contributed by atoms with van der Waals surface area (Å²) in [5.41, 5.74) is 2.03. The molecule has 0 saturated heterocycles. The van der Waals surface area contributed by atoms with Gasteiger partial charge in [-0.25, -0.2) is 0 Å². The fraction of sp³-hybridized carbons (Fsp3) is 0.300. The lowest BCUT2D eigenvalue weighted by molar-refractivity contribution is -0.116. The molecule has 2 aromatic carbocycles. The minimum Gasteiger partial charge on any atom is -0.492 e. The molecule has 0 aliphatic carbocycles. The number of amides is 1. The van der Waals surface area contributed by atoms with Crippen molar-refractivity contribution < 1.29 is 9.53 Å². The fourth-order valence-electron chi connectivity index (χ4n) is 2.99. The Morgan fingerprint density at radius 3 is 2.78 bits per heavy atom. The van der Waals surface area contributed by atoms with E-state index in [-0.39, 0.29) is 11.8 Å². The van der Waals surface area contributed by atoms with Crippen LogP contribution >= 0.6 is 11.6 Å². The average molecular weight is 387 g/mol. The van der Waals surface area contributed by atoms with E-state index in [2.05, 4.69) is 27.0 Å². The number of carbonyl (C=O) groups is 1. The summed E-state index contributed by atoms with van der Waals surface area (Å²) in [5, 5.41) is 10.1. The second-order valence-corrected chi connectivity index (χ2v) is 6.66. The second-order valence-electron chi connectivity index (χ2n) is 6.22. The molecular formula is C20H23ClN4O2. The quantitative estimate of drug-likeness (QED) is 0.405. The van der Waals surface area contributed by atoms with Crippen molar-refractivity contribution in [1.82, 2.24) is 10.6 Å². The molecule has 0 aromatic heterocycles. The van der Waals surface area contributed by atoms with Crippen LogP contribution in [-0.4, -0.2) is 38.6 Å². The number of hydrogen-bond acceptors (Lipinski definition) is 3. The van der Waals surface area contributed by atoms with Gasteiger partial charge in [-0.1, -0.05) is 29.8 Å². The first kappa shape index (κ1) is 19.0. The molecule has 6 nitrogen and oxygen atoms in total. The largest absolute Gasteiger partial charge is 0.492 e. The summed E-state index contributed by atoms with van der Waals surface area (Å²) in [7, 11) is 1.72. The molecule has 2 aromatic rings. The first-order chi connectivity index (χ1) is 13.2. The second kappa shape index (κ2) is 9.28. The van der Waals surface area contributed by atoms with Crippen LogP contribution in [0.2, 0.25) is 5.02 Å². The number of nitrogens with one attached hydrogen (secondary N) is 3. The molecule has 1 heterocycles. The molecule has 7 heteroatoms. The number of nitrogens with zero attached hydrogens (tertiary/aromatic N) is 1. The van der Waals surface area contributed by atoms with Gasteiger partial charge in [0.2, 0.25) is 5.91 Å². The van der Waals surface area contributed by atoms with Gasteiger partial charge in [-0.15, -0.1) is 0 Å². The maximum absolute atomic E-state index is 11.9. The molecule has 0 radical (unpaired) electrons. The van der Waals surface area contributed by atoms with E-state index in [9.17, 15) is 4.79 Å². The van der Waals surface area contributed by atoms with Crippen LogP contribution in [0.25, 0.3) is 0 Å². The van der Waals surface area contributed by atoms with Crippen LogP contribution in [0.15, 0.2) is 53.5 Å². The van der Waals surface area contributed by atoms with Crippen LogP contribution < -0.4 is 20.7 Å². The van der Waals surface area contributed by atoms with Crippen LogP contribution in [0.1, 0.15) is 17.9 Å². The molecule has 27 heavy (non-hydrogen) atoms. The number of benzene rings is 2. The number of hydrogen-bond donors (Lipinski definition) is 3. The standard InChI is InChI=1S/C20H23ClN4O2/c1-22-20(23-10-11-27-16-8-6-15(21)7-9-16)24-13-14-12-19(26)25-18-5-3-2-4-17(14)18/h2-9,14H,10-13H2,1H3,(H,25,26)(H2,22,23,24). The number of aliphatic imine (C=N–C) groups is 1.